The van der Waals surface area contributed by atoms with Crippen LogP contribution >= 0.6 is 0 Å². The number of hydrogen-bond acceptors (Lipinski definition) is 0. The number of halogens is 5. The van der Waals surface area contributed by atoms with Gasteiger partial charge in [0, 0.05) is 5.56 Å². The van der Waals surface area contributed by atoms with Crippen molar-refractivity contribution in [1.29, 1.82) is 0 Å². The first kappa shape index (κ1) is 13.9. The molecule has 0 aromatic heterocycles. The van der Waals surface area contributed by atoms with Gasteiger partial charge in [0.05, 0.1) is 0 Å². The molecular formula is C12H13F5. The molecule has 1 aromatic carbocycles. The van der Waals surface area contributed by atoms with Gasteiger partial charge in [-0.1, -0.05) is 27.7 Å². The van der Waals surface area contributed by atoms with Crippen LogP contribution in [0.2, 0.25) is 0 Å². The molecule has 0 radical (unpaired) electrons. The van der Waals surface area contributed by atoms with E-state index in [4.69, 9.17) is 0 Å². The van der Waals surface area contributed by atoms with Gasteiger partial charge in [-0.3, -0.25) is 0 Å². The molecule has 0 saturated carbocycles. The fourth-order valence-electron chi connectivity index (χ4n) is 1.44. The molecule has 17 heavy (non-hydrogen) atoms. The van der Waals surface area contributed by atoms with E-state index in [-0.39, 0.29) is 0 Å². The summed E-state index contributed by atoms with van der Waals surface area (Å²) in [5.74, 6) is -10.2. The van der Waals surface area contributed by atoms with Crippen LogP contribution in [0.4, 0.5) is 22.0 Å². The van der Waals surface area contributed by atoms with Gasteiger partial charge < -0.3 is 0 Å². The molecular weight excluding hydrogens is 239 g/mol. The SMILES string of the molecule is CC(c1c(F)c(F)c(F)c(F)c1F)C(C)(C)C. The summed E-state index contributed by atoms with van der Waals surface area (Å²) in [7, 11) is 0. The lowest BCUT2D eigenvalue weighted by atomic mass is 9.77. The van der Waals surface area contributed by atoms with Gasteiger partial charge >= 0.3 is 0 Å². The molecule has 0 amide bonds. The predicted molar refractivity (Wildman–Crippen MR) is 54.1 cm³/mol. The molecule has 0 aliphatic carbocycles. The van der Waals surface area contributed by atoms with Gasteiger partial charge in [0.15, 0.2) is 23.3 Å². The zero-order valence-corrected chi connectivity index (χ0v) is 9.97. The molecule has 0 aliphatic rings. The maximum Gasteiger partial charge on any atom is 0.200 e. The fourth-order valence-corrected chi connectivity index (χ4v) is 1.44. The van der Waals surface area contributed by atoms with Gasteiger partial charge in [0.25, 0.3) is 0 Å². The third-order valence-corrected chi connectivity index (χ3v) is 2.98. The Morgan fingerprint density at radius 2 is 1.00 bits per heavy atom. The minimum atomic E-state index is -2.12. The predicted octanol–water partition coefficient (Wildman–Crippen LogP) is 4.53. The number of hydrogen-bond donors (Lipinski definition) is 0. The molecule has 0 aliphatic heterocycles. The average molecular weight is 252 g/mol. The van der Waals surface area contributed by atoms with Crippen molar-refractivity contribution in [2.75, 3.05) is 0 Å². The molecule has 0 saturated heterocycles. The van der Waals surface area contributed by atoms with Crippen molar-refractivity contribution in [1.82, 2.24) is 0 Å². The van der Waals surface area contributed by atoms with E-state index in [1.165, 1.54) is 6.92 Å². The molecule has 0 bridgehead atoms. The fraction of sp³-hybridized carbons (Fsp3) is 0.500. The first-order valence-corrected chi connectivity index (χ1v) is 5.10. The highest BCUT2D eigenvalue weighted by Crippen LogP contribution is 2.38. The van der Waals surface area contributed by atoms with Crippen LogP contribution in [0.1, 0.15) is 39.2 Å². The first-order chi connectivity index (χ1) is 7.59. The highest BCUT2D eigenvalue weighted by molar-refractivity contribution is 5.28. The lowest BCUT2D eigenvalue weighted by molar-refractivity contribution is 0.302. The second-order valence-electron chi connectivity index (χ2n) is 5.07. The summed E-state index contributed by atoms with van der Waals surface area (Å²) in [6.45, 7) is 6.42. The van der Waals surface area contributed by atoms with Crippen molar-refractivity contribution < 1.29 is 22.0 Å². The molecule has 5 heteroatoms. The summed E-state index contributed by atoms with van der Waals surface area (Å²) in [5.41, 5.74) is -1.37. The molecule has 0 spiro atoms. The zero-order chi connectivity index (χ0) is 13.5. The number of benzene rings is 1. The van der Waals surface area contributed by atoms with Crippen LogP contribution in [0.3, 0.4) is 0 Å². The highest BCUT2D eigenvalue weighted by Gasteiger charge is 2.33. The third kappa shape index (κ3) is 2.28. The maximum atomic E-state index is 13.5. The standard InChI is InChI=1S/C12H13F5/c1-5(12(2,3)4)6-7(13)9(15)11(17)10(16)8(6)14/h5H,1-4H3. The molecule has 1 atom stereocenters. The minimum Gasteiger partial charge on any atom is -0.203 e. The Hall–Kier alpha value is -1.13. The maximum absolute atomic E-state index is 13.5. The van der Waals surface area contributed by atoms with E-state index in [1.807, 2.05) is 0 Å². The molecule has 1 aromatic rings. The van der Waals surface area contributed by atoms with Crippen LogP contribution in [0.25, 0.3) is 0 Å². The summed E-state index contributed by atoms with van der Waals surface area (Å²) in [6.07, 6.45) is 0. The average Bonchev–Trinajstić information content (AvgIpc) is 2.22. The van der Waals surface area contributed by atoms with Crippen LogP contribution in [-0.2, 0) is 0 Å². The quantitative estimate of drug-likeness (QED) is 0.391. The molecule has 1 rings (SSSR count). The van der Waals surface area contributed by atoms with Crippen molar-refractivity contribution >= 4 is 0 Å². The Morgan fingerprint density at radius 1 is 0.706 bits per heavy atom. The minimum absolute atomic E-state index is 0.613. The number of rotatable bonds is 1. The van der Waals surface area contributed by atoms with E-state index in [0.717, 1.165) is 0 Å². The third-order valence-electron chi connectivity index (χ3n) is 2.98. The smallest absolute Gasteiger partial charge is 0.200 e. The molecule has 0 N–H and O–H groups in total. The van der Waals surface area contributed by atoms with E-state index in [9.17, 15) is 22.0 Å². The van der Waals surface area contributed by atoms with Crippen LogP contribution in [-0.4, -0.2) is 0 Å². The van der Waals surface area contributed by atoms with E-state index >= 15 is 0 Å². The molecule has 0 fully saturated rings. The van der Waals surface area contributed by atoms with Crippen molar-refractivity contribution in [3.63, 3.8) is 0 Å². The topological polar surface area (TPSA) is 0 Å². The van der Waals surface area contributed by atoms with Gasteiger partial charge in [0.2, 0.25) is 5.82 Å². The Kier molecular flexibility index (Phi) is 3.50. The summed E-state index contributed by atoms with van der Waals surface area (Å²) >= 11 is 0. The Bertz CT molecular complexity index is 416. The van der Waals surface area contributed by atoms with Crippen LogP contribution < -0.4 is 0 Å². The van der Waals surface area contributed by atoms with E-state index in [2.05, 4.69) is 0 Å². The monoisotopic (exact) mass is 252 g/mol. The van der Waals surface area contributed by atoms with Crippen molar-refractivity contribution in [3.8, 4) is 0 Å². The van der Waals surface area contributed by atoms with E-state index < -0.39 is 46.0 Å². The van der Waals surface area contributed by atoms with Crippen molar-refractivity contribution in [2.45, 2.75) is 33.6 Å². The van der Waals surface area contributed by atoms with Gasteiger partial charge in [-0.15, -0.1) is 0 Å². The second-order valence-corrected chi connectivity index (χ2v) is 5.07. The first-order valence-electron chi connectivity index (χ1n) is 5.10. The van der Waals surface area contributed by atoms with E-state index in [1.54, 1.807) is 20.8 Å². The van der Waals surface area contributed by atoms with Gasteiger partial charge in [-0.05, 0) is 11.3 Å². The summed E-state index contributed by atoms with van der Waals surface area (Å²) in [5, 5.41) is 0. The molecule has 0 heterocycles. The normalized spacial score (nSPS) is 13.9. The van der Waals surface area contributed by atoms with Crippen LogP contribution in [0, 0.1) is 34.5 Å². The highest BCUT2D eigenvalue weighted by atomic mass is 19.2. The Morgan fingerprint density at radius 3 is 1.29 bits per heavy atom. The molecule has 96 valence electrons. The lowest BCUT2D eigenvalue weighted by Gasteiger charge is -2.28. The van der Waals surface area contributed by atoms with Crippen LogP contribution in [0.5, 0.6) is 0 Å². The van der Waals surface area contributed by atoms with Gasteiger partial charge in [-0.25, -0.2) is 22.0 Å². The Balaban J connectivity index is 3.55. The van der Waals surface area contributed by atoms with Crippen molar-refractivity contribution in [2.24, 2.45) is 5.41 Å². The summed E-state index contributed by atoms with van der Waals surface area (Å²) in [4.78, 5) is 0. The summed E-state index contributed by atoms with van der Waals surface area (Å²) in [6, 6.07) is 0. The summed E-state index contributed by atoms with van der Waals surface area (Å²) < 4.78 is 65.7. The lowest BCUT2D eigenvalue weighted by Crippen LogP contribution is -2.20. The second kappa shape index (κ2) is 4.27. The van der Waals surface area contributed by atoms with Gasteiger partial charge in [-0.2, -0.15) is 0 Å². The van der Waals surface area contributed by atoms with Crippen LogP contribution in [0.15, 0.2) is 0 Å². The van der Waals surface area contributed by atoms with E-state index in [0.29, 0.717) is 0 Å². The zero-order valence-electron chi connectivity index (χ0n) is 9.97. The largest absolute Gasteiger partial charge is 0.203 e. The molecule has 1 unspecified atom stereocenters. The molecule has 0 nitrogen and oxygen atoms in total. The van der Waals surface area contributed by atoms with Crippen molar-refractivity contribution in [3.05, 3.63) is 34.6 Å². The Labute approximate surface area is 96.4 Å². The van der Waals surface area contributed by atoms with Gasteiger partial charge in [0.1, 0.15) is 0 Å².